The van der Waals surface area contributed by atoms with Gasteiger partial charge in [0.1, 0.15) is 17.4 Å². The third-order valence-electron chi connectivity index (χ3n) is 7.52. The molecule has 1 heterocycles. The van der Waals surface area contributed by atoms with Crippen molar-refractivity contribution in [2.24, 2.45) is 10.8 Å². The Morgan fingerprint density at radius 3 is 1.61 bits per heavy atom. The number of halogens is 2. The molecule has 3 aromatic carbocycles. The third kappa shape index (κ3) is 2.65. The Bertz CT molecular complexity index is 1150. The van der Waals surface area contributed by atoms with Crippen LogP contribution < -0.4 is 4.74 Å². The minimum Gasteiger partial charge on any atom is -0.472 e. The van der Waals surface area contributed by atoms with Crippen molar-refractivity contribution < 1.29 is 13.5 Å². The van der Waals surface area contributed by atoms with E-state index in [0.29, 0.717) is 0 Å². The topological polar surface area (TPSA) is 9.23 Å². The van der Waals surface area contributed by atoms with Gasteiger partial charge in [-0.25, -0.2) is 8.78 Å². The lowest BCUT2D eigenvalue weighted by Gasteiger charge is -2.32. The predicted octanol–water partition coefficient (Wildman–Crippen LogP) is 7.43. The molecule has 1 aliphatic carbocycles. The van der Waals surface area contributed by atoms with Gasteiger partial charge >= 0.3 is 0 Å². The lowest BCUT2D eigenvalue weighted by Crippen LogP contribution is -2.32. The highest BCUT2D eigenvalue weighted by molar-refractivity contribution is 5.90. The van der Waals surface area contributed by atoms with Crippen molar-refractivity contribution in [1.82, 2.24) is 0 Å². The highest BCUT2D eigenvalue weighted by Gasteiger charge is 2.65. The maximum Gasteiger partial charge on any atom is 0.185 e. The van der Waals surface area contributed by atoms with Gasteiger partial charge in [0.2, 0.25) is 0 Å². The first kappa shape index (κ1) is 20.0. The van der Waals surface area contributed by atoms with E-state index in [1.165, 1.54) is 29.8 Å². The second-order valence-corrected chi connectivity index (χ2v) is 9.80. The largest absolute Gasteiger partial charge is 0.472 e. The van der Waals surface area contributed by atoms with Crippen molar-refractivity contribution in [2.45, 2.75) is 40.2 Å². The molecule has 0 spiro atoms. The number of hydrogen-bond donors (Lipinski definition) is 0. The summed E-state index contributed by atoms with van der Waals surface area (Å²) in [6, 6.07) is 19.2. The summed E-state index contributed by atoms with van der Waals surface area (Å²) in [5.74, 6) is 0.191. The van der Waals surface area contributed by atoms with Crippen molar-refractivity contribution in [3.05, 3.63) is 106 Å². The zero-order valence-corrected chi connectivity index (χ0v) is 18.5. The van der Waals surface area contributed by atoms with Crippen LogP contribution >= 0.6 is 0 Å². The van der Waals surface area contributed by atoms with E-state index in [9.17, 15) is 8.78 Å². The number of allylic oxidation sites excluding steroid dienone is 1. The number of hydrogen-bond acceptors (Lipinski definition) is 1. The average molecular weight is 417 g/mol. The van der Waals surface area contributed by atoms with Crippen LogP contribution in [0.5, 0.6) is 5.75 Å². The first-order chi connectivity index (χ1) is 14.6. The van der Waals surface area contributed by atoms with Crippen LogP contribution in [0.15, 0.2) is 72.3 Å². The van der Waals surface area contributed by atoms with Gasteiger partial charge in [0, 0.05) is 22.3 Å². The summed E-state index contributed by atoms with van der Waals surface area (Å²) in [6.45, 7) is 11.1. The van der Waals surface area contributed by atoms with Crippen LogP contribution in [0.3, 0.4) is 0 Å². The Morgan fingerprint density at radius 2 is 1.16 bits per heavy atom. The molecule has 0 N–H and O–H groups in total. The summed E-state index contributed by atoms with van der Waals surface area (Å²) in [7, 11) is 0. The van der Waals surface area contributed by atoms with Crippen molar-refractivity contribution in [2.75, 3.05) is 0 Å². The van der Waals surface area contributed by atoms with Gasteiger partial charge in [0.25, 0.3) is 0 Å². The molecule has 5 rings (SSSR count). The summed E-state index contributed by atoms with van der Waals surface area (Å²) in [6.07, 6.45) is 0. The molecule has 0 bridgehead atoms. The summed E-state index contributed by atoms with van der Waals surface area (Å²) < 4.78 is 34.6. The molecule has 1 fully saturated rings. The van der Waals surface area contributed by atoms with E-state index >= 15 is 0 Å². The molecular weight excluding hydrogens is 390 g/mol. The van der Waals surface area contributed by atoms with Gasteiger partial charge in [0.05, 0.1) is 0 Å². The monoisotopic (exact) mass is 416 g/mol. The van der Waals surface area contributed by atoms with Crippen LogP contribution in [0.2, 0.25) is 0 Å². The Hall–Kier alpha value is -2.94. The van der Waals surface area contributed by atoms with Gasteiger partial charge in [0.15, 0.2) is 5.60 Å². The molecular formula is C28H26F2O. The van der Waals surface area contributed by atoms with Gasteiger partial charge in [-0.1, -0.05) is 63.6 Å². The van der Waals surface area contributed by atoms with Gasteiger partial charge < -0.3 is 4.74 Å². The Balaban J connectivity index is 1.91. The minimum absolute atomic E-state index is 0.0254. The van der Waals surface area contributed by atoms with E-state index in [0.717, 1.165) is 33.6 Å². The lowest BCUT2D eigenvalue weighted by atomic mass is 9.77. The summed E-state index contributed by atoms with van der Waals surface area (Å²) in [5.41, 5.74) is 5.25. The molecule has 0 amide bonds. The molecule has 3 heteroatoms. The molecule has 1 aliphatic heterocycles. The first-order valence-electron chi connectivity index (χ1n) is 10.7. The smallest absolute Gasteiger partial charge is 0.185 e. The van der Waals surface area contributed by atoms with E-state index in [4.69, 9.17) is 4.74 Å². The van der Waals surface area contributed by atoms with E-state index in [1.54, 1.807) is 24.3 Å². The van der Waals surface area contributed by atoms with Crippen LogP contribution in [-0.4, -0.2) is 0 Å². The summed E-state index contributed by atoms with van der Waals surface area (Å²) in [4.78, 5) is 0. The fraction of sp³-hybridized carbons (Fsp3) is 0.286. The number of ether oxygens (including phenoxy) is 1. The highest BCUT2D eigenvalue weighted by Crippen LogP contribution is 2.74. The van der Waals surface area contributed by atoms with E-state index in [1.807, 2.05) is 12.1 Å². The van der Waals surface area contributed by atoms with Crippen molar-refractivity contribution in [1.29, 1.82) is 0 Å². The normalized spacial score (nSPS) is 19.7. The Morgan fingerprint density at radius 1 is 0.677 bits per heavy atom. The van der Waals surface area contributed by atoms with Gasteiger partial charge in [-0.05, 0) is 59.7 Å². The molecule has 2 aliphatic rings. The van der Waals surface area contributed by atoms with Gasteiger partial charge in [-0.3, -0.25) is 0 Å². The fourth-order valence-electron chi connectivity index (χ4n) is 5.24. The highest BCUT2D eigenvalue weighted by atomic mass is 19.1. The molecule has 0 atom stereocenters. The standard InChI is InChI=1S/C28H26F2O/c1-17-6-15-23-22(16-17)24(25-26(2,3)27(25,4)5)28(31-23,18-7-11-20(29)12-8-18)19-9-13-21(30)14-10-19/h6-16H,1-5H3. The van der Waals surface area contributed by atoms with E-state index in [-0.39, 0.29) is 22.5 Å². The van der Waals surface area contributed by atoms with Crippen LogP contribution in [-0.2, 0) is 5.60 Å². The Kier molecular flexibility index (Phi) is 4.05. The Labute approximate surface area is 182 Å². The quantitative estimate of drug-likeness (QED) is 0.422. The summed E-state index contributed by atoms with van der Waals surface area (Å²) >= 11 is 0. The van der Waals surface area contributed by atoms with Crippen LogP contribution in [0.25, 0.3) is 5.57 Å². The predicted molar refractivity (Wildman–Crippen MR) is 120 cm³/mol. The zero-order valence-electron chi connectivity index (χ0n) is 18.5. The maximum atomic E-state index is 13.9. The molecule has 0 unspecified atom stereocenters. The lowest BCUT2D eigenvalue weighted by molar-refractivity contribution is 0.191. The van der Waals surface area contributed by atoms with Crippen molar-refractivity contribution >= 4 is 5.57 Å². The maximum absolute atomic E-state index is 13.9. The van der Waals surface area contributed by atoms with Crippen LogP contribution in [0.4, 0.5) is 8.78 Å². The van der Waals surface area contributed by atoms with Crippen molar-refractivity contribution in [3.63, 3.8) is 0 Å². The van der Waals surface area contributed by atoms with E-state index in [2.05, 4.69) is 40.7 Å². The fourth-order valence-corrected chi connectivity index (χ4v) is 5.24. The molecule has 3 aromatic rings. The van der Waals surface area contributed by atoms with Crippen molar-refractivity contribution in [3.8, 4) is 5.75 Å². The summed E-state index contributed by atoms with van der Waals surface area (Å²) in [5, 5.41) is 0. The SMILES string of the molecule is Cc1ccc2c(c1)C(=C1C(C)(C)C1(C)C)C(c1ccc(F)cc1)(c1ccc(F)cc1)O2. The molecule has 0 saturated heterocycles. The van der Waals surface area contributed by atoms with Crippen LogP contribution in [0.1, 0.15) is 49.9 Å². The average Bonchev–Trinajstić information content (AvgIpc) is 2.97. The molecule has 1 saturated carbocycles. The number of aryl methyl sites for hydroxylation is 1. The van der Waals surface area contributed by atoms with Gasteiger partial charge in [-0.15, -0.1) is 0 Å². The zero-order chi connectivity index (χ0) is 22.2. The number of rotatable bonds is 2. The molecule has 0 radical (unpaired) electrons. The molecule has 31 heavy (non-hydrogen) atoms. The number of benzene rings is 3. The van der Waals surface area contributed by atoms with E-state index < -0.39 is 5.60 Å². The molecule has 158 valence electrons. The van der Waals surface area contributed by atoms with Crippen LogP contribution in [0, 0.1) is 29.4 Å². The second kappa shape index (κ2) is 6.29. The number of fused-ring (bicyclic) bond motifs is 1. The first-order valence-corrected chi connectivity index (χ1v) is 10.7. The minimum atomic E-state index is -0.974. The molecule has 0 aromatic heterocycles. The third-order valence-corrected chi connectivity index (χ3v) is 7.52. The second-order valence-electron chi connectivity index (χ2n) is 9.80. The molecule has 1 nitrogen and oxygen atoms in total. The van der Waals surface area contributed by atoms with Gasteiger partial charge in [-0.2, -0.15) is 0 Å².